The van der Waals surface area contributed by atoms with E-state index in [1.54, 1.807) is 38.6 Å². The fourth-order valence-corrected chi connectivity index (χ4v) is 8.89. The van der Waals surface area contributed by atoms with Crippen molar-refractivity contribution in [3.8, 4) is 5.75 Å². The van der Waals surface area contributed by atoms with Crippen LogP contribution in [0.1, 0.15) is 47.0 Å². The molecule has 218 valence electrons. The summed E-state index contributed by atoms with van der Waals surface area (Å²) in [6.07, 6.45) is 5.24. The van der Waals surface area contributed by atoms with Crippen molar-refractivity contribution in [2.45, 2.75) is 68.5 Å². The first kappa shape index (κ1) is 30.2. The lowest BCUT2D eigenvalue weighted by Crippen LogP contribution is -2.59. The van der Waals surface area contributed by atoms with Crippen LogP contribution in [-0.2, 0) is 14.4 Å². The maximum atomic E-state index is 14.3. The summed E-state index contributed by atoms with van der Waals surface area (Å²) in [6, 6.07) is 6.70. The number of likely N-dealkylation sites (tertiary alicyclic amines) is 1. The van der Waals surface area contributed by atoms with Crippen molar-refractivity contribution < 1.29 is 24.2 Å². The molecule has 1 spiro atoms. The number of carbonyl (C=O) groups excluding carboxylic acids is 3. The van der Waals surface area contributed by atoms with E-state index in [1.807, 2.05) is 52.0 Å². The van der Waals surface area contributed by atoms with Crippen molar-refractivity contribution >= 4 is 35.2 Å². The molecular weight excluding hydrogens is 526 g/mol. The standard InChI is InChI=1S/C31H43N3O5S/c1-7-17-32(21-11-13-22(14-12-21)39-9-3)27(36)24-23-15-16-31(40-23)25(24)28(37)33(19-10-20-35)26(31)29(38)34(18-8-2)30(4,5)6/h7-8,11-14,23-26,35H,1-2,9-10,15-20H2,3-6H3/t23-,24+,25-,26?,31?/m0/s1. The molecule has 1 aromatic rings. The van der Waals surface area contributed by atoms with E-state index in [4.69, 9.17) is 4.74 Å². The number of nitrogens with zero attached hydrogens (tertiary/aromatic N) is 3. The Bertz CT molecular complexity index is 1130. The Morgan fingerprint density at radius 1 is 1.18 bits per heavy atom. The molecule has 3 aliphatic rings. The third-order valence-corrected chi connectivity index (χ3v) is 10.3. The molecule has 9 heteroatoms. The minimum Gasteiger partial charge on any atom is -0.494 e. The van der Waals surface area contributed by atoms with Gasteiger partial charge >= 0.3 is 0 Å². The van der Waals surface area contributed by atoms with Gasteiger partial charge in [-0.1, -0.05) is 12.2 Å². The Balaban J connectivity index is 1.73. The van der Waals surface area contributed by atoms with Crippen LogP contribution in [0.25, 0.3) is 0 Å². The number of ether oxygens (including phenoxy) is 1. The monoisotopic (exact) mass is 569 g/mol. The van der Waals surface area contributed by atoms with Crippen molar-refractivity contribution in [3.05, 3.63) is 49.6 Å². The second kappa shape index (κ2) is 12.0. The van der Waals surface area contributed by atoms with Gasteiger partial charge in [0.15, 0.2) is 0 Å². The molecule has 3 heterocycles. The van der Waals surface area contributed by atoms with E-state index in [9.17, 15) is 19.5 Å². The minimum atomic E-state index is -0.693. The molecule has 40 heavy (non-hydrogen) atoms. The third kappa shape index (κ3) is 5.18. The predicted octanol–water partition coefficient (Wildman–Crippen LogP) is 3.89. The van der Waals surface area contributed by atoms with Gasteiger partial charge in [-0.25, -0.2) is 0 Å². The second-order valence-corrected chi connectivity index (χ2v) is 13.3. The van der Waals surface area contributed by atoms with Crippen LogP contribution < -0.4 is 9.64 Å². The van der Waals surface area contributed by atoms with Gasteiger partial charge in [-0.05, 0) is 71.2 Å². The molecule has 8 nitrogen and oxygen atoms in total. The number of fused-ring (bicyclic) bond motifs is 1. The quantitative estimate of drug-likeness (QED) is 0.384. The number of aliphatic hydroxyl groups excluding tert-OH is 1. The van der Waals surface area contributed by atoms with Crippen molar-refractivity contribution in [3.63, 3.8) is 0 Å². The van der Waals surface area contributed by atoms with Crippen LogP contribution in [0.5, 0.6) is 5.75 Å². The molecule has 2 bridgehead atoms. The van der Waals surface area contributed by atoms with Crippen LogP contribution in [0, 0.1) is 11.8 Å². The predicted molar refractivity (Wildman–Crippen MR) is 159 cm³/mol. The van der Waals surface area contributed by atoms with E-state index in [1.165, 1.54) is 0 Å². The van der Waals surface area contributed by atoms with E-state index in [-0.39, 0.29) is 36.1 Å². The van der Waals surface area contributed by atoms with E-state index >= 15 is 0 Å². The van der Waals surface area contributed by atoms with Crippen LogP contribution in [0.3, 0.4) is 0 Å². The van der Waals surface area contributed by atoms with Crippen LogP contribution >= 0.6 is 11.8 Å². The van der Waals surface area contributed by atoms with Crippen LogP contribution in [0.15, 0.2) is 49.6 Å². The van der Waals surface area contributed by atoms with Gasteiger partial charge in [-0.2, -0.15) is 0 Å². The zero-order chi connectivity index (χ0) is 29.2. The third-order valence-electron chi connectivity index (χ3n) is 8.30. The zero-order valence-electron chi connectivity index (χ0n) is 24.2. The summed E-state index contributed by atoms with van der Waals surface area (Å²) in [4.78, 5) is 48.0. The number of benzene rings is 1. The SMILES string of the molecule is C=CCN(C(=O)[C@@H]1[C@@H]2CCC3(S2)C(C(=O)N(CC=C)C(C)(C)C)N(CCCO)C(=O)[C@H]13)c1ccc(OCC)cc1. The number of aliphatic hydroxyl groups is 1. The molecule has 0 saturated carbocycles. The Morgan fingerprint density at radius 3 is 2.42 bits per heavy atom. The number of rotatable bonds is 12. The van der Waals surface area contributed by atoms with Gasteiger partial charge in [0.05, 0.1) is 23.2 Å². The van der Waals surface area contributed by atoms with Gasteiger partial charge in [-0.3, -0.25) is 14.4 Å². The molecule has 2 unspecified atom stereocenters. The molecule has 3 amide bonds. The highest BCUT2D eigenvalue weighted by Gasteiger charge is 2.74. The highest BCUT2D eigenvalue weighted by atomic mass is 32.2. The number of carbonyl (C=O) groups is 3. The summed E-state index contributed by atoms with van der Waals surface area (Å²) in [7, 11) is 0. The molecule has 3 saturated heterocycles. The van der Waals surface area contributed by atoms with E-state index in [2.05, 4.69) is 13.2 Å². The largest absolute Gasteiger partial charge is 0.494 e. The highest BCUT2D eigenvalue weighted by molar-refractivity contribution is 8.02. The van der Waals surface area contributed by atoms with Gasteiger partial charge in [0.25, 0.3) is 0 Å². The summed E-state index contributed by atoms with van der Waals surface area (Å²) in [5, 5.41) is 9.57. The summed E-state index contributed by atoms with van der Waals surface area (Å²) >= 11 is 1.66. The van der Waals surface area contributed by atoms with Crippen LogP contribution in [0.2, 0.25) is 0 Å². The molecule has 3 fully saturated rings. The van der Waals surface area contributed by atoms with E-state index in [0.717, 1.165) is 17.9 Å². The average Bonchev–Trinajstić information content (AvgIpc) is 3.56. The summed E-state index contributed by atoms with van der Waals surface area (Å²) in [6.45, 7) is 17.0. The number of thioether (sulfide) groups is 1. The van der Waals surface area contributed by atoms with Crippen LogP contribution in [-0.4, -0.2) is 87.1 Å². The number of hydrogen-bond acceptors (Lipinski definition) is 6. The van der Waals surface area contributed by atoms with Crippen molar-refractivity contribution in [2.75, 3.05) is 37.7 Å². The van der Waals surface area contributed by atoms with Gasteiger partial charge in [0.1, 0.15) is 11.8 Å². The summed E-state index contributed by atoms with van der Waals surface area (Å²) in [5.74, 6) is -0.807. The van der Waals surface area contributed by atoms with Crippen molar-refractivity contribution in [2.24, 2.45) is 11.8 Å². The lowest BCUT2D eigenvalue weighted by Gasteiger charge is -2.42. The first-order valence-corrected chi connectivity index (χ1v) is 15.1. The lowest BCUT2D eigenvalue weighted by molar-refractivity contribution is -0.145. The number of anilines is 1. The minimum absolute atomic E-state index is 0.0470. The maximum Gasteiger partial charge on any atom is 0.247 e. The van der Waals surface area contributed by atoms with Crippen molar-refractivity contribution in [1.29, 1.82) is 0 Å². The smallest absolute Gasteiger partial charge is 0.247 e. The van der Waals surface area contributed by atoms with Gasteiger partial charge < -0.3 is 24.5 Å². The Morgan fingerprint density at radius 2 is 1.85 bits per heavy atom. The first-order chi connectivity index (χ1) is 19.0. The fraction of sp³-hybridized carbons (Fsp3) is 0.581. The molecule has 3 aliphatic heterocycles. The van der Waals surface area contributed by atoms with Gasteiger partial charge in [0.2, 0.25) is 17.7 Å². The molecular formula is C31H43N3O5S. The Labute approximate surface area is 242 Å². The zero-order valence-corrected chi connectivity index (χ0v) is 25.0. The topological polar surface area (TPSA) is 90.4 Å². The number of amides is 3. The molecule has 4 rings (SSSR count). The normalized spacial score (nSPS) is 26.9. The van der Waals surface area contributed by atoms with E-state index in [0.29, 0.717) is 32.5 Å². The summed E-state index contributed by atoms with van der Waals surface area (Å²) < 4.78 is 4.89. The second-order valence-electron chi connectivity index (χ2n) is 11.7. The maximum absolute atomic E-state index is 14.3. The van der Waals surface area contributed by atoms with Crippen LogP contribution in [0.4, 0.5) is 5.69 Å². The average molecular weight is 570 g/mol. The van der Waals surface area contributed by atoms with E-state index < -0.39 is 28.2 Å². The first-order valence-electron chi connectivity index (χ1n) is 14.2. The highest BCUT2D eigenvalue weighted by Crippen LogP contribution is 2.67. The molecule has 0 aliphatic carbocycles. The van der Waals surface area contributed by atoms with Crippen molar-refractivity contribution in [1.82, 2.24) is 9.80 Å². The van der Waals surface area contributed by atoms with Gasteiger partial charge in [-0.15, -0.1) is 24.9 Å². The Kier molecular flexibility index (Phi) is 9.05. The summed E-state index contributed by atoms with van der Waals surface area (Å²) in [5.41, 5.74) is 0.242. The molecule has 1 N–H and O–H groups in total. The molecule has 0 radical (unpaired) electrons. The number of hydrogen-bond donors (Lipinski definition) is 1. The van der Waals surface area contributed by atoms with Gasteiger partial charge in [0, 0.05) is 42.7 Å². The molecule has 5 atom stereocenters. The Hall–Kier alpha value is -2.78. The lowest BCUT2D eigenvalue weighted by atomic mass is 9.70. The molecule has 1 aromatic carbocycles. The molecule has 0 aromatic heterocycles. The fourth-order valence-electron chi connectivity index (χ4n) is 6.69.